The number of fused-ring (bicyclic) bond motifs is 1. The molecule has 0 fully saturated rings. The molecule has 110 valence electrons. The first-order valence-corrected chi connectivity index (χ1v) is 7.37. The molecule has 1 atom stereocenters. The number of nitrogens with zero attached hydrogens (tertiary/aromatic N) is 1. The van der Waals surface area contributed by atoms with Crippen molar-refractivity contribution in [1.82, 2.24) is 10.3 Å². The summed E-state index contributed by atoms with van der Waals surface area (Å²) in [5, 5.41) is 4.44. The van der Waals surface area contributed by atoms with Gasteiger partial charge < -0.3 is 14.2 Å². The topological polar surface area (TPSA) is 51.2 Å². The molecule has 0 aliphatic heterocycles. The van der Waals surface area contributed by atoms with Crippen molar-refractivity contribution in [3.05, 3.63) is 41.9 Å². The molecule has 4 heteroatoms. The van der Waals surface area contributed by atoms with Gasteiger partial charge in [-0.15, -0.1) is 0 Å². The zero-order valence-electron chi connectivity index (χ0n) is 12.6. The number of aryl methyl sites for hydroxylation is 1. The lowest BCUT2D eigenvalue weighted by molar-refractivity contribution is 0.417. The molecule has 3 aromatic rings. The lowest BCUT2D eigenvalue weighted by atomic mass is 10.2. The van der Waals surface area contributed by atoms with Crippen LogP contribution in [0.3, 0.4) is 0 Å². The van der Waals surface area contributed by atoms with Crippen LogP contribution in [0, 0.1) is 6.92 Å². The van der Waals surface area contributed by atoms with E-state index >= 15 is 0 Å². The molecule has 2 heterocycles. The van der Waals surface area contributed by atoms with Gasteiger partial charge in [0.2, 0.25) is 5.89 Å². The quantitative estimate of drug-likeness (QED) is 0.751. The number of benzene rings is 1. The average molecular weight is 284 g/mol. The molecule has 0 bridgehead atoms. The molecule has 0 saturated carbocycles. The standard InChI is InChI=1S/C17H20N2O2/c1-4-7-18-12(3)17-19-10-16(21-17)15-9-13-8-11(2)5-6-14(13)20-15/h5-6,8-10,12,18H,4,7H2,1-3H3. The summed E-state index contributed by atoms with van der Waals surface area (Å²) < 4.78 is 11.7. The number of aromatic nitrogens is 1. The second-order valence-corrected chi connectivity index (χ2v) is 5.39. The van der Waals surface area contributed by atoms with Crippen LogP contribution in [-0.4, -0.2) is 11.5 Å². The van der Waals surface area contributed by atoms with E-state index in [-0.39, 0.29) is 6.04 Å². The van der Waals surface area contributed by atoms with Crippen molar-refractivity contribution >= 4 is 11.0 Å². The van der Waals surface area contributed by atoms with E-state index in [4.69, 9.17) is 8.83 Å². The van der Waals surface area contributed by atoms with Crippen molar-refractivity contribution in [2.24, 2.45) is 0 Å². The third-order valence-electron chi connectivity index (χ3n) is 3.51. The van der Waals surface area contributed by atoms with E-state index in [2.05, 4.69) is 30.2 Å². The molecular weight excluding hydrogens is 264 g/mol. The van der Waals surface area contributed by atoms with Crippen molar-refractivity contribution in [2.45, 2.75) is 33.2 Å². The Bertz CT molecular complexity index is 742. The average Bonchev–Trinajstić information content (AvgIpc) is 3.10. The first kappa shape index (κ1) is 13.9. The van der Waals surface area contributed by atoms with Crippen LogP contribution < -0.4 is 5.32 Å². The zero-order valence-corrected chi connectivity index (χ0v) is 12.6. The number of rotatable bonds is 5. The Hall–Kier alpha value is -2.07. The maximum Gasteiger partial charge on any atom is 0.211 e. The SMILES string of the molecule is CCCNC(C)c1ncc(-c2cc3cc(C)ccc3o2)o1. The molecule has 0 aliphatic carbocycles. The summed E-state index contributed by atoms with van der Waals surface area (Å²) in [4.78, 5) is 4.34. The minimum Gasteiger partial charge on any atom is -0.453 e. The van der Waals surface area contributed by atoms with Gasteiger partial charge in [-0.1, -0.05) is 18.6 Å². The molecule has 0 saturated heterocycles. The molecule has 0 radical (unpaired) electrons. The highest BCUT2D eigenvalue weighted by Gasteiger charge is 2.15. The summed E-state index contributed by atoms with van der Waals surface area (Å²) >= 11 is 0. The second-order valence-electron chi connectivity index (χ2n) is 5.39. The Balaban J connectivity index is 1.87. The summed E-state index contributed by atoms with van der Waals surface area (Å²) in [6, 6.07) is 8.22. The van der Waals surface area contributed by atoms with Gasteiger partial charge in [-0.25, -0.2) is 4.98 Å². The fourth-order valence-corrected chi connectivity index (χ4v) is 2.33. The summed E-state index contributed by atoms with van der Waals surface area (Å²) in [5.74, 6) is 2.08. The maximum atomic E-state index is 5.83. The smallest absolute Gasteiger partial charge is 0.211 e. The minimum atomic E-state index is 0.102. The van der Waals surface area contributed by atoms with Crippen LogP contribution in [0.1, 0.15) is 37.8 Å². The van der Waals surface area contributed by atoms with Gasteiger partial charge in [0, 0.05) is 5.39 Å². The molecule has 1 N–H and O–H groups in total. The summed E-state index contributed by atoms with van der Waals surface area (Å²) in [5.41, 5.74) is 2.08. The van der Waals surface area contributed by atoms with E-state index < -0.39 is 0 Å². The van der Waals surface area contributed by atoms with Crippen LogP contribution in [0.25, 0.3) is 22.5 Å². The van der Waals surface area contributed by atoms with Gasteiger partial charge in [-0.2, -0.15) is 0 Å². The summed E-state index contributed by atoms with van der Waals surface area (Å²) in [6.45, 7) is 7.20. The third-order valence-corrected chi connectivity index (χ3v) is 3.51. The largest absolute Gasteiger partial charge is 0.453 e. The second kappa shape index (κ2) is 5.74. The van der Waals surface area contributed by atoms with Gasteiger partial charge in [0.05, 0.1) is 12.2 Å². The predicted octanol–water partition coefficient (Wildman–Crippen LogP) is 4.46. The molecular formula is C17H20N2O2. The van der Waals surface area contributed by atoms with E-state index in [0.29, 0.717) is 11.7 Å². The maximum absolute atomic E-state index is 5.83. The van der Waals surface area contributed by atoms with Gasteiger partial charge >= 0.3 is 0 Å². The van der Waals surface area contributed by atoms with Gasteiger partial charge in [0.1, 0.15) is 5.58 Å². The van der Waals surface area contributed by atoms with E-state index in [9.17, 15) is 0 Å². The lowest BCUT2D eigenvalue weighted by Gasteiger charge is -2.08. The van der Waals surface area contributed by atoms with Crippen molar-refractivity contribution < 1.29 is 8.83 Å². The number of oxazole rings is 1. The third kappa shape index (κ3) is 2.85. The minimum absolute atomic E-state index is 0.102. The Labute approximate surface area is 124 Å². The van der Waals surface area contributed by atoms with Crippen LogP contribution in [0.4, 0.5) is 0 Å². The van der Waals surface area contributed by atoms with Gasteiger partial charge in [-0.3, -0.25) is 0 Å². The molecule has 21 heavy (non-hydrogen) atoms. The van der Waals surface area contributed by atoms with E-state index in [1.54, 1.807) is 6.20 Å². The Kier molecular flexibility index (Phi) is 3.80. The number of hydrogen-bond acceptors (Lipinski definition) is 4. The van der Waals surface area contributed by atoms with Crippen LogP contribution in [0.15, 0.2) is 39.3 Å². The predicted molar refractivity (Wildman–Crippen MR) is 83.2 cm³/mol. The zero-order chi connectivity index (χ0) is 14.8. The fourth-order valence-electron chi connectivity index (χ4n) is 2.33. The van der Waals surface area contributed by atoms with Crippen molar-refractivity contribution in [3.8, 4) is 11.5 Å². The highest BCUT2D eigenvalue weighted by molar-refractivity contribution is 5.82. The highest BCUT2D eigenvalue weighted by Crippen LogP contribution is 2.29. The van der Waals surface area contributed by atoms with Crippen LogP contribution in [-0.2, 0) is 0 Å². The van der Waals surface area contributed by atoms with E-state index in [1.807, 2.05) is 25.1 Å². The molecule has 1 unspecified atom stereocenters. The molecule has 0 amide bonds. The monoisotopic (exact) mass is 284 g/mol. The van der Waals surface area contributed by atoms with Crippen LogP contribution in [0.2, 0.25) is 0 Å². The Morgan fingerprint density at radius 3 is 2.86 bits per heavy atom. The van der Waals surface area contributed by atoms with E-state index in [0.717, 1.165) is 29.7 Å². The van der Waals surface area contributed by atoms with Gasteiger partial charge in [0.15, 0.2) is 11.5 Å². The molecule has 0 spiro atoms. The van der Waals surface area contributed by atoms with Gasteiger partial charge in [-0.05, 0) is 45.0 Å². The lowest BCUT2D eigenvalue weighted by Crippen LogP contribution is -2.19. The molecule has 3 rings (SSSR count). The highest BCUT2D eigenvalue weighted by atomic mass is 16.4. The van der Waals surface area contributed by atoms with Crippen molar-refractivity contribution in [2.75, 3.05) is 6.54 Å². The van der Waals surface area contributed by atoms with Crippen LogP contribution in [0.5, 0.6) is 0 Å². The number of furan rings is 1. The first-order chi connectivity index (χ1) is 10.2. The van der Waals surface area contributed by atoms with Crippen LogP contribution >= 0.6 is 0 Å². The summed E-state index contributed by atoms with van der Waals surface area (Å²) in [6.07, 6.45) is 2.81. The fraction of sp³-hybridized carbons (Fsp3) is 0.353. The molecule has 4 nitrogen and oxygen atoms in total. The van der Waals surface area contributed by atoms with Gasteiger partial charge in [0.25, 0.3) is 0 Å². The summed E-state index contributed by atoms with van der Waals surface area (Å²) in [7, 11) is 0. The van der Waals surface area contributed by atoms with E-state index in [1.165, 1.54) is 5.56 Å². The molecule has 2 aromatic heterocycles. The first-order valence-electron chi connectivity index (χ1n) is 7.37. The molecule has 0 aliphatic rings. The number of hydrogen-bond donors (Lipinski definition) is 1. The Morgan fingerprint density at radius 2 is 2.05 bits per heavy atom. The normalized spacial score (nSPS) is 12.9. The Morgan fingerprint density at radius 1 is 1.19 bits per heavy atom. The number of nitrogens with one attached hydrogen (secondary N) is 1. The van der Waals surface area contributed by atoms with Crippen molar-refractivity contribution in [1.29, 1.82) is 0 Å². The van der Waals surface area contributed by atoms with Crippen molar-refractivity contribution in [3.63, 3.8) is 0 Å². The molecule has 1 aromatic carbocycles.